The molecule has 0 aromatic carbocycles. The lowest BCUT2D eigenvalue weighted by atomic mass is 10.1. The van der Waals surface area contributed by atoms with Crippen molar-refractivity contribution < 1.29 is 4.79 Å². The zero-order valence-electron chi connectivity index (χ0n) is 14.6. The lowest BCUT2D eigenvalue weighted by Gasteiger charge is -2.25. The molecule has 1 aliphatic rings. The molecule has 3 aromatic rings. The summed E-state index contributed by atoms with van der Waals surface area (Å²) in [5.74, 6) is 0.418. The normalized spacial score (nSPS) is 16.3. The van der Waals surface area contributed by atoms with E-state index in [2.05, 4.69) is 20.3 Å². The van der Waals surface area contributed by atoms with E-state index in [1.165, 1.54) is 6.07 Å². The van der Waals surface area contributed by atoms with Gasteiger partial charge in [0.2, 0.25) is 11.5 Å². The van der Waals surface area contributed by atoms with Crippen molar-refractivity contribution in [2.24, 2.45) is 0 Å². The molecule has 0 unspecified atom stereocenters. The number of aromatic nitrogens is 3. The van der Waals surface area contributed by atoms with E-state index in [1.54, 1.807) is 36.9 Å². The Hall–Kier alpha value is -3.48. The van der Waals surface area contributed by atoms with Gasteiger partial charge in [-0.2, -0.15) is 0 Å². The van der Waals surface area contributed by atoms with Gasteiger partial charge in [-0.1, -0.05) is 6.07 Å². The van der Waals surface area contributed by atoms with Crippen LogP contribution in [0.3, 0.4) is 0 Å². The summed E-state index contributed by atoms with van der Waals surface area (Å²) in [5, 5.41) is 2.89. The van der Waals surface area contributed by atoms with Crippen molar-refractivity contribution in [1.82, 2.24) is 15.0 Å². The second-order valence-corrected chi connectivity index (χ2v) is 6.43. The van der Waals surface area contributed by atoms with Crippen molar-refractivity contribution in [3.05, 3.63) is 71.5 Å². The maximum Gasteiger partial charge on any atom is 0.248 e. The quantitative estimate of drug-likeness (QED) is 0.745. The predicted molar refractivity (Wildman–Crippen MR) is 104 cm³/mol. The topological polar surface area (TPSA) is 91.0 Å². The van der Waals surface area contributed by atoms with Crippen LogP contribution in [0.15, 0.2) is 66.0 Å². The van der Waals surface area contributed by atoms with Crippen molar-refractivity contribution in [1.29, 1.82) is 0 Å². The van der Waals surface area contributed by atoms with Gasteiger partial charge in [0.15, 0.2) is 0 Å². The summed E-state index contributed by atoms with van der Waals surface area (Å²) in [5.41, 5.74) is 2.60. The summed E-state index contributed by atoms with van der Waals surface area (Å²) in [6, 6.07) is 10.5. The number of amides is 1. The SMILES string of the molecule is O=C(Nc1ccc(-c2cccnc2)cn1)[C@@H]1CCCN1c1ccc(=O)[nH]c1. The zero-order chi connectivity index (χ0) is 18.6. The van der Waals surface area contributed by atoms with E-state index in [-0.39, 0.29) is 17.5 Å². The number of nitrogens with zero attached hydrogens (tertiary/aromatic N) is 3. The Morgan fingerprint density at radius 1 is 1.15 bits per heavy atom. The predicted octanol–water partition coefficient (Wildman–Crippen LogP) is 2.44. The lowest BCUT2D eigenvalue weighted by molar-refractivity contribution is -0.117. The fourth-order valence-electron chi connectivity index (χ4n) is 3.31. The molecule has 1 amide bonds. The van der Waals surface area contributed by atoms with Gasteiger partial charge >= 0.3 is 0 Å². The third kappa shape index (κ3) is 3.72. The maximum atomic E-state index is 12.7. The minimum Gasteiger partial charge on any atom is -0.358 e. The third-order valence-corrected chi connectivity index (χ3v) is 4.66. The van der Waals surface area contributed by atoms with Gasteiger partial charge in [-0.3, -0.25) is 14.6 Å². The van der Waals surface area contributed by atoms with E-state index in [0.717, 1.165) is 36.2 Å². The van der Waals surface area contributed by atoms with Crippen molar-refractivity contribution in [2.75, 3.05) is 16.8 Å². The molecular weight excluding hydrogens is 342 g/mol. The van der Waals surface area contributed by atoms with Gasteiger partial charge in [-0.05, 0) is 37.1 Å². The van der Waals surface area contributed by atoms with Gasteiger partial charge in [-0.15, -0.1) is 0 Å². The molecule has 1 saturated heterocycles. The van der Waals surface area contributed by atoms with Crippen LogP contribution in [0.4, 0.5) is 11.5 Å². The van der Waals surface area contributed by atoms with Crippen LogP contribution >= 0.6 is 0 Å². The van der Waals surface area contributed by atoms with E-state index < -0.39 is 0 Å². The average Bonchev–Trinajstić information content (AvgIpc) is 3.20. The molecule has 1 fully saturated rings. The Labute approximate surface area is 156 Å². The van der Waals surface area contributed by atoms with Crippen LogP contribution in [-0.2, 0) is 4.79 Å². The Kier molecular flexibility index (Phi) is 4.65. The largest absolute Gasteiger partial charge is 0.358 e. The van der Waals surface area contributed by atoms with Gasteiger partial charge in [0, 0.05) is 48.5 Å². The van der Waals surface area contributed by atoms with Crippen molar-refractivity contribution in [3.8, 4) is 11.1 Å². The molecule has 7 nitrogen and oxygen atoms in total. The first kappa shape index (κ1) is 17.0. The first-order valence-electron chi connectivity index (χ1n) is 8.83. The van der Waals surface area contributed by atoms with E-state index in [4.69, 9.17) is 0 Å². The minimum atomic E-state index is -0.282. The molecule has 3 aromatic heterocycles. The summed E-state index contributed by atoms with van der Waals surface area (Å²) >= 11 is 0. The van der Waals surface area contributed by atoms with E-state index in [1.807, 2.05) is 23.1 Å². The Balaban J connectivity index is 1.46. The minimum absolute atomic E-state index is 0.0969. The average molecular weight is 361 g/mol. The Bertz CT molecular complexity index is 965. The van der Waals surface area contributed by atoms with E-state index in [9.17, 15) is 9.59 Å². The highest BCUT2D eigenvalue weighted by atomic mass is 16.2. The number of rotatable bonds is 4. The molecule has 0 saturated carbocycles. The highest BCUT2D eigenvalue weighted by Gasteiger charge is 2.31. The van der Waals surface area contributed by atoms with Gasteiger partial charge < -0.3 is 15.2 Å². The summed E-state index contributed by atoms with van der Waals surface area (Å²) in [4.78, 5) is 37.1. The third-order valence-electron chi connectivity index (χ3n) is 4.66. The second kappa shape index (κ2) is 7.41. The number of anilines is 2. The lowest BCUT2D eigenvalue weighted by Crippen LogP contribution is -2.40. The first-order valence-corrected chi connectivity index (χ1v) is 8.83. The molecule has 27 heavy (non-hydrogen) atoms. The second-order valence-electron chi connectivity index (χ2n) is 6.43. The molecule has 0 bridgehead atoms. The molecule has 0 aliphatic carbocycles. The Morgan fingerprint density at radius 3 is 2.74 bits per heavy atom. The van der Waals surface area contributed by atoms with Crippen molar-refractivity contribution in [3.63, 3.8) is 0 Å². The molecule has 0 radical (unpaired) electrons. The summed E-state index contributed by atoms with van der Waals surface area (Å²) in [6.07, 6.45) is 8.55. The van der Waals surface area contributed by atoms with Crippen LogP contribution in [0.1, 0.15) is 12.8 Å². The number of hydrogen-bond acceptors (Lipinski definition) is 5. The zero-order valence-corrected chi connectivity index (χ0v) is 14.6. The van der Waals surface area contributed by atoms with Crippen LogP contribution in [0.2, 0.25) is 0 Å². The Morgan fingerprint density at radius 2 is 2.04 bits per heavy atom. The van der Waals surface area contributed by atoms with Crippen LogP contribution in [0, 0.1) is 0 Å². The van der Waals surface area contributed by atoms with Gasteiger partial charge in [-0.25, -0.2) is 4.98 Å². The van der Waals surface area contributed by atoms with Crippen molar-refractivity contribution in [2.45, 2.75) is 18.9 Å². The highest BCUT2D eigenvalue weighted by molar-refractivity contribution is 5.96. The fourth-order valence-corrected chi connectivity index (χ4v) is 3.31. The molecule has 0 spiro atoms. The smallest absolute Gasteiger partial charge is 0.248 e. The molecule has 2 N–H and O–H groups in total. The number of aromatic amines is 1. The van der Waals surface area contributed by atoms with Crippen LogP contribution in [0.25, 0.3) is 11.1 Å². The number of H-pyrrole nitrogens is 1. The summed E-state index contributed by atoms with van der Waals surface area (Å²) in [7, 11) is 0. The molecular formula is C20H19N5O2. The van der Waals surface area contributed by atoms with Gasteiger partial charge in [0.1, 0.15) is 11.9 Å². The van der Waals surface area contributed by atoms with Crippen LogP contribution in [0.5, 0.6) is 0 Å². The molecule has 4 rings (SSSR count). The maximum absolute atomic E-state index is 12.7. The first-order chi connectivity index (χ1) is 13.2. The van der Waals surface area contributed by atoms with Crippen LogP contribution < -0.4 is 15.8 Å². The summed E-state index contributed by atoms with van der Waals surface area (Å²) < 4.78 is 0. The number of nitrogens with one attached hydrogen (secondary N) is 2. The van der Waals surface area contributed by atoms with E-state index in [0.29, 0.717) is 5.82 Å². The van der Waals surface area contributed by atoms with E-state index >= 15 is 0 Å². The number of pyridine rings is 3. The molecule has 4 heterocycles. The standard InChI is InChI=1S/C20H19N5O2/c26-19-8-6-16(13-23-19)25-10-2-4-17(25)20(27)24-18-7-5-15(12-22-18)14-3-1-9-21-11-14/h1,3,5-9,11-13,17H,2,4,10H2,(H,23,26)(H,22,24,27)/t17-/m0/s1. The fraction of sp³-hybridized carbons (Fsp3) is 0.200. The number of carbonyl (C=O) groups is 1. The van der Waals surface area contributed by atoms with Gasteiger partial charge in [0.25, 0.3) is 0 Å². The molecule has 1 atom stereocenters. The van der Waals surface area contributed by atoms with Crippen molar-refractivity contribution >= 4 is 17.4 Å². The molecule has 136 valence electrons. The number of carbonyl (C=O) groups excluding carboxylic acids is 1. The number of hydrogen-bond donors (Lipinski definition) is 2. The monoisotopic (exact) mass is 361 g/mol. The van der Waals surface area contributed by atoms with Crippen LogP contribution in [-0.4, -0.2) is 33.4 Å². The highest BCUT2D eigenvalue weighted by Crippen LogP contribution is 2.25. The summed E-state index contributed by atoms with van der Waals surface area (Å²) in [6.45, 7) is 0.775. The molecule has 7 heteroatoms. The molecule has 1 aliphatic heterocycles. The van der Waals surface area contributed by atoms with Gasteiger partial charge in [0.05, 0.1) is 5.69 Å².